The Morgan fingerprint density at radius 2 is 1.63 bits per heavy atom. The number of hydrogen-bond acceptors (Lipinski definition) is 8. The number of aromatic nitrogens is 3. The number of benzene rings is 4. The third kappa shape index (κ3) is 5.62. The predicted octanol–water partition coefficient (Wildman–Crippen LogP) is 6.33. The van der Waals surface area contributed by atoms with Gasteiger partial charge in [-0.1, -0.05) is 66.7 Å². The van der Waals surface area contributed by atoms with Gasteiger partial charge in [-0.25, -0.2) is 0 Å². The molecule has 4 heterocycles. The van der Waals surface area contributed by atoms with Crippen molar-refractivity contribution in [1.29, 1.82) is 0 Å². The minimum Gasteiger partial charge on any atom is -0.454 e. The maximum absolute atomic E-state index is 15.1. The molecular formula is C40H41N5O6Si. The van der Waals surface area contributed by atoms with Gasteiger partial charge in [0.1, 0.15) is 5.75 Å². The summed E-state index contributed by atoms with van der Waals surface area (Å²) >= 11 is 0. The van der Waals surface area contributed by atoms with E-state index >= 15 is 4.79 Å². The molecule has 1 aromatic heterocycles. The van der Waals surface area contributed by atoms with Crippen molar-refractivity contribution in [3.63, 3.8) is 0 Å². The van der Waals surface area contributed by atoms with E-state index in [4.69, 9.17) is 9.47 Å². The maximum atomic E-state index is 15.1. The summed E-state index contributed by atoms with van der Waals surface area (Å²) in [6.45, 7) is 6.59. The number of ether oxygens (including phenoxy) is 2. The van der Waals surface area contributed by atoms with Crippen LogP contribution < -0.4 is 14.5 Å². The van der Waals surface area contributed by atoms with Crippen LogP contribution in [0, 0.1) is 5.92 Å². The largest absolute Gasteiger partial charge is 0.454 e. The molecule has 4 atom stereocenters. The minimum atomic E-state index is -2.94. The fourth-order valence-electron chi connectivity index (χ4n) is 8.40. The molecule has 8 rings (SSSR count). The highest BCUT2D eigenvalue weighted by Crippen LogP contribution is 2.60. The molecule has 1 saturated heterocycles. The zero-order valence-electron chi connectivity index (χ0n) is 29.3. The Bertz CT molecular complexity index is 2150. The molecule has 1 fully saturated rings. The van der Waals surface area contributed by atoms with E-state index in [0.717, 1.165) is 5.56 Å². The van der Waals surface area contributed by atoms with Gasteiger partial charge in [0.25, 0.3) is 11.8 Å². The number of carbonyl (C=O) groups excluding carboxylic acids is 2. The van der Waals surface area contributed by atoms with Crippen molar-refractivity contribution in [2.75, 3.05) is 16.4 Å². The van der Waals surface area contributed by atoms with Crippen LogP contribution in [0.15, 0.2) is 103 Å². The summed E-state index contributed by atoms with van der Waals surface area (Å²) in [5.74, 6) is 0.154. The van der Waals surface area contributed by atoms with Gasteiger partial charge in [-0.2, -0.15) is 0 Å². The van der Waals surface area contributed by atoms with Crippen LogP contribution in [0.3, 0.4) is 0 Å². The summed E-state index contributed by atoms with van der Waals surface area (Å²) in [7, 11) is -2.94. The molecule has 5 aromatic rings. The summed E-state index contributed by atoms with van der Waals surface area (Å²) in [5, 5.41) is 17.8. The normalized spacial score (nSPS) is 22.3. The lowest BCUT2D eigenvalue weighted by Gasteiger charge is -2.32. The van der Waals surface area contributed by atoms with Crippen LogP contribution in [0.4, 0.5) is 17.1 Å². The highest BCUT2D eigenvalue weighted by molar-refractivity contribution is 6.71. The van der Waals surface area contributed by atoms with Gasteiger partial charge in [-0.05, 0) is 67.5 Å². The number of aliphatic hydroxyl groups excluding tert-OH is 1. The molecule has 0 bridgehead atoms. The number of nitrogens with zero attached hydrogens (tertiary/aromatic N) is 5. The maximum Gasteiger partial charge on any atom is 0.266 e. The second-order valence-corrected chi connectivity index (χ2v) is 18.4. The number of anilines is 3. The zero-order chi connectivity index (χ0) is 36.2. The molecule has 3 aliphatic rings. The van der Waals surface area contributed by atoms with E-state index in [-0.39, 0.29) is 24.0 Å². The molecule has 1 spiro atoms. The van der Waals surface area contributed by atoms with E-state index in [1.165, 1.54) is 0 Å². The summed E-state index contributed by atoms with van der Waals surface area (Å²) in [4.78, 5) is 44.8. The zero-order valence-corrected chi connectivity index (χ0v) is 30.3. The minimum absolute atomic E-state index is 0.0199. The molecule has 0 unspecified atom stereocenters. The molecular weight excluding hydrogens is 675 g/mol. The average Bonchev–Trinajstić information content (AvgIpc) is 3.75. The van der Waals surface area contributed by atoms with Crippen molar-refractivity contribution in [2.24, 2.45) is 5.92 Å². The Labute approximate surface area is 303 Å². The number of fused-ring (bicyclic) bond motifs is 4. The number of carbonyl (C=O) groups is 2. The first kappa shape index (κ1) is 34.0. The molecule has 12 heteroatoms. The van der Waals surface area contributed by atoms with Crippen LogP contribution in [0.25, 0.3) is 0 Å². The molecule has 3 aliphatic heterocycles. The van der Waals surface area contributed by atoms with Gasteiger partial charge in [0.15, 0.2) is 19.7 Å². The van der Waals surface area contributed by atoms with Gasteiger partial charge in [0, 0.05) is 48.5 Å². The average molecular weight is 716 g/mol. The van der Waals surface area contributed by atoms with Gasteiger partial charge >= 0.3 is 0 Å². The Balaban J connectivity index is 1.25. The molecule has 266 valence electrons. The van der Waals surface area contributed by atoms with Crippen LogP contribution in [0.1, 0.15) is 40.5 Å². The summed E-state index contributed by atoms with van der Waals surface area (Å²) in [5.41, 5.74) is 2.88. The standard InChI is InChI=1S/C40H41N5O6Si/c1-26-37(52(2,3)49)36(19-21-43-25-28(20-22-46)41-42-43)51-40(26)31-23-29(17-18-32(31)44(39(40)48)24-27-11-5-4-6-12-27)45-33-14-8-10-16-35(33)50-34-15-9-7-13-30(34)38(45)47/h4-18,23,25-26,36-37,46,49H,19-22,24H2,1-3H3/t26-,36+,37-,40+/m0/s1. The summed E-state index contributed by atoms with van der Waals surface area (Å²) in [6, 6.07) is 30.2. The summed E-state index contributed by atoms with van der Waals surface area (Å²) < 4.78 is 15.1. The van der Waals surface area contributed by atoms with Crippen molar-refractivity contribution < 1.29 is 29.0 Å². The highest BCUT2D eigenvalue weighted by atomic mass is 28.4. The van der Waals surface area contributed by atoms with Gasteiger partial charge < -0.3 is 24.3 Å². The van der Waals surface area contributed by atoms with Crippen molar-refractivity contribution in [2.45, 2.75) is 63.2 Å². The monoisotopic (exact) mass is 715 g/mol. The lowest BCUT2D eigenvalue weighted by atomic mass is 9.82. The van der Waals surface area contributed by atoms with E-state index in [2.05, 4.69) is 10.3 Å². The molecule has 2 amide bonds. The van der Waals surface area contributed by atoms with Crippen LogP contribution >= 0.6 is 0 Å². The Morgan fingerprint density at radius 1 is 0.904 bits per heavy atom. The van der Waals surface area contributed by atoms with Crippen LogP contribution in [0.2, 0.25) is 18.6 Å². The van der Waals surface area contributed by atoms with Gasteiger partial charge in [0.05, 0.1) is 35.3 Å². The van der Waals surface area contributed by atoms with E-state index < -0.39 is 25.9 Å². The third-order valence-electron chi connectivity index (χ3n) is 10.7. The van der Waals surface area contributed by atoms with Crippen LogP contribution in [0.5, 0.6) is 11.5 Å². The third-order valence-corrected chi connectivity index (χ3v) is 13.2. The van der Waals surface area contributed by atoms with Crippen molar-refractivity contribution in [3.8, 4) is 11.5 Å². The second kappa shape index (κ2) is 13.1. The Kier molecular flexibility index (Phi) is 8.57. The molecule has 0 radical (unpaired) electrons. The molecule has 0 saturated carbocycles. The van der Waals surface area contributed by atoms with Crippen molar-refractivity contribution >= 4 is 37.2 Å². The lowest BCUT2D eigenvalue weighted by Crippen LogP contribution is -2.46. The molecule has 11 nitrogen and oxygen atoms in total. The van der Waals surface area contributed by atoms with E-state index in [1.807, 2.05) is 111 Å². The SMILES string of the molecule is C[C@H]1[C@H]([Si](C)(C)O)[C@@H](CCn2cc(CCO)nn2)O[C@]12C(=O)N(Cc1ccccc1)c1ccc(N3C(=O)c4ccccc4Oc4ccccc43)cc12. The van der Waals surface area contributed by atoms with E-state index in [0.29, 0.717) is 71.3 Å². The lowest BCUT2D eigenvalue weighted by molar-refractivity contribution is -0.146. The molecule has 2 N–H and O–H groups in total. The van der Waals surface area contributed by atoms with Crippen molar-refractivity contribution in [3.05, 3.63) is 126 Å². The van der Waals surface area contributed by atoms with E-state index in [9.17, 15) is 14.7 Å². The predicted molar refractivity (Wildman–Crippen MR) is 198 cm³/mol. The number of rotatable bonds is 9. The number of amides is 2. The van der Waals surface area contributed by atoms with E-state index in [1.54, 1.807) is 26.6 Å². The fourth-order valence-corrected chi connectivity index (χ4v) is 11.0. The van der Waals surface area contributed by atoms with Gasteiger partial charge in [-0.15, -0.1) is 5.10 Å². The first-order chi connectivity index (χ1) is 25.1. The van der Waals surface area contributed by atoms with Crippen LogP contribution in [-0.2, 0) is 34.6 Å². The van der Waals surface area contributed by atoms with Crippen molar-refractivity contribution in [1.82, 2.24) is 15.0 Å². The first-order valence-electron chi connectivity index (χ1n) is 17.7. The molecule has 52 heavy (non-hydrogen) atoms. The Hall–Kier alpha value is -5.14. The smallest absolute Gasteiger partial charge is 0.266 e. The fraction of sp³-hybridized carbons (Fsp3) is 0.300. The highest BCUT2D eigenvalue weighted by Gasteiger charge is 2.66. The topological polar surface area (TPSA) is 130 Å². The van der Waals surface area contributed by atoms with Gasteiger partial charge in [-0.3, -0.25) is 19.2 Å². The second-order valence-electron chi connectivity index (χ2n) is 14.4. The Morgan fingerprint density at radius 3 is 2.40 bits per heavy atom. The molecule has 0 aliphatic carbocycles. The number of aryl methyl sites for hydroxylation is 1. The quantitative estimate of drug-likeness (QED) is 0.169. The summed E-state index contributed by atoms with van der Waals surface area (Å²) in [6.07, 6.45) is 2.24. The number of aliphatic hydroxyl groups is 1. The molecule has 4 aromatic carbocycles. The van der Waals surface area contributed by atoms with Crippen LogP contribution in [-0.4, -0.2) is 57.7 Å². The number of hydrogen-bond donors (Lipinski definition) is 2. The van der Waals surface area contributed by atoms with Gasteiger partial charge in [0.2, 0.25) is 0 Å². The first-order valence-corrected chi connectivity index (χ1v) is 20.7. The number of para-hydroxylation sites is 3.